The van der Waals surface area contributed by atoms with Gasteiger partial charge in [-0.05, 0) is 6.07 Å². The summed E-state index contributed by atoms with van der Waals surface area (Å²) in [5, 5.41) is 0.334. The van der Waals surface area contributed by atoms with Crippen molar-refractivity contribution in [2.75, 3.05) is 26.8 Å². The first kappa shape index (κ1) is 13.8. The highest BCUT2D eigenvalue weighted by molar-refractivity contribution is 6.33. The minimum Gasteiger partial charge on any atom is -0.467 e. The van der Waals surface area contributed by atoms with E-state index in [1.807, 2.05) is 0 Å². The van der Waals surface area contributed by atoms with E-state index in [-0.39, 0.29) is 19.1 Å². The summed E-state index contributed by atoms with van der Waals surface area (Å²) in [5.74, 6) is -0.759. The highest BCUT2D eigenvalue weighted by Gasteiger charge is 2.31. The average molecular weight is 285 g/mol. The Morgan fingerprint density at radius 3 is 3.05 bits per heavy atom. The van der Waals surface area contributed by atoms with Gasteiger partial charge in [-0.25, -0.2) is 4.79 Å². The Balaban J connectivity index is 2.11. The quantitative estimate of drug-likeness (QED) is 0.750. The fourth-order valence-electron chi connectivity index (χ4n) is 1.81. The van der Waals surface area contributed by atoms with Gasteiger partial charge < -0.3 is 14.4 Å². The van der Waals surface area contributed by atoms with Crippen LogP contribution in [-0.4, -0.2) is 54.7 Å². The van der Waals surface area contributed by atoms with Gasteiger partial charge in [0.1, 0.15) is 0 Å². The molecule has 0 N–H and O–H groups in total. The van der Waals surface area contributed by atoms with E-state index in [9.17, 15) is 9.59 Å². The predicted molar refractivity (Wildman–Crippen MR) is 66.9 cm³/mol. The Morgan fingerprint density at radius 1 is 1.58 bits per heavy atom. The van der Waals surface area contributed by atoms with Gasteiger partial charge in [0, 0.05) is 18.9 Å². The number of morpholine rings is 1. The molecule has 1 saturated heterocycles. The molecule has 1 aliphatic rings. The third-order valence-electron chi connectivity index (χ3n) is 2.82. The van der Waals surface area contributed by atoms with E-state index in [1.165, 1.54) is 24.4 Å². The molecule has 0 spiro atoms. The van der Waals surface area contributed by atoms with E-state index in [1.54, 1.807) is 6.07 Å². The monoisotopic (exact) mass is 284 g/mol. The van der Waals surface area contributed by atoms with Gasteiger partial charge in [-0.15, -0.1) is 0 Å². The summed E-state index contributed by atoms with van der Waals surface area (Å²) in [6.45, 7) is 0.831. The maximum atomic E-state index is 12.3. The number of carbonyl (C=O) groups excluding carboxylic acids is 2. The Kier molecular flexibility index (Phi) is 4.34. The molecule has 0 saturated carbocycles. The Bertz CT molecular complexity index is 494. The van der Waals surface area contributed by atoms with Crippen molar-refractivity contribution in [3.05, 3.63) is 29.0 Å². The summed E-state index contributed by atoms with van der Waals surface area (Å²) in [7, 11) is 1.28. The number of methoxy groups -OCH3 is 1. The highest BCUT2D eigenvalue weighted by Crippen LogP contribution is 2.17. The third kappa shape index (κ3) is 3.02. The molecule has 2 heterocycles. The molecule has 19 heavy (non-hydrogen) atoms. The van der Waals surface area contributed by atoms with Crippen LogP contribution in [0.3, 0.4) is 0 Å². The Morgan fingerprint density at radius 2 is 2.37 bits per heavy atom. The number of amides is 1. The zero-order chi connectivity index (χ0) is 13.8. The molecule has 0 radical (unpaired) electrons. The van der Waals surface area contributed by atoms with Crippen LogP contribution in [0.25, 0.3) is 0 Å². The molecule has 1 unspecified atom stereocenters. The lowest BCUT2D eigenvalue weighted by molar-refractivity contribution is -0.158. The van der Waals surface area contributed by atoms with Crippen LogP contribution < -0.4 is 0 Å². The second kappa shape index (κ2) is 5.99. The van der Waals surface area contributed by atoms with Crippen LogP contribution in [0.1, 0.15) is 10.4 Å². The first-order valence-electron chi connectivity index (χ1n) is 5.71. The molecule has 0 bridgehead atoms. The zero-order valence-electron chi connectivity index (χ0n) is 10.3. The maximum Gasteiger partial charge on any atom is 0.336 e. The number of hydrogen-bond acceptors (Lipinski definition) is 5. The van der Waals surface area contributed by atoms with Gasteiger partial charge in [0.05, 0.1) is 30.8 Å². The molecule has 1 amide bonds. The van der Waals surface area contributed by atoms with E-state index in [0.717, 1.165) is 0 Å². The number of rotatable bonds is 2. The van der Waals surface area contributed by atoms with Gasteiger partial charge in [-0.3, -0.25) is 9.78 Å². The van der Waals surface area contributed by atoms with E-state index in [4.69, 9.17) is 16.3 Å². The summed E-state index contributed by atoms with van der Waals surface area (Å²) < 4.78 is 9.87. The van der Waals surface area contributed by atoms with Crippen LogP contribution in [0.15, 0.2) is 18.5 Å². The molecule has 2 rings (SSSR count). The van der Waals surface area contributed by atoms with Crippen molar-refractivity contribution >= 4 is 23.5 Å². The summed E-state index contributed by atoms with van der Waals surface area (Å²) in [6, 6.07) is 1.55. The van der Waals surface area contributed by atoms with Crippen molar-refractivity contribution in [2.24, 2.45) is 0 Å². The number of halogens is 1. The lowest BCUT2D eigenvalue weighted by Crippen LogP contribution is -2.49. The largest absolute Gasteiger partial charge is 0.467 e. The molecule has 1 aliphatic heterocycles. The number of carbonyl (C=O) groups is 2. The predicted octanol–water partition coefficient (Wildman–Crippen LogP) is 0.749. The lowest BCUT2D eigenvalue weighted by atomic mass is 10.2. The maximum absolute atomic E-state index is 12.3. The molecule has 7 heteroatoms. The minimum atomic E-state index is -0.752. The van der Waals surface area contributed by atoms with Gasteiger partial charge in [-0.1, -0.05) is 11.6 Å². The molecule has 1 atom stereocenters. The first-order chi connectivity index (χ1) is 9.13. The number of nitrogens with zero attached hydrogens (tertiary/aromatic N) is 2. The van der Waals surface area contributed by atoms with Crippen molar-refractivity contribution in [3.63, 3.8) is 0 Å². The SMILES string of the molecule is COC(=O)C1CN(C(=O)c2cnccc2Cl)CCO1. The average Bonchev–Trinajstić information content (AvgIpc) is 2.46. The van der Waals surface area contributed by atoms with Crippen molar-refractivity contribution in [3.8, 4) is 0 Å². The standard InChI is InChI=1S/C12H13ClN2O4/c1-18-12(17)10-7-15(4-5-19-10)11(16)8-6-14-3-2-9(8)13/h2-3,6,10H,4-5,7H2,1H3. The molecule has 1 aromatic rings. The lowest BCUT2D eigenvalue weighted by Gasteiger charge is -2.31. The van der Waals surface area contributed by atoms with Gasteiger partial charge in [0.2, 0.25) is 0 Å². The molecule has 1 fully saturated rings. The van der Waals surface area contributed by atoms with Crippen LogP contribution in [0.5, 0.6) is 0 Å². The zero-order valence-corrected chi connectivity index (χ0v) is 11.1. The summed E-state index contributed by atoms with van der Waals surface area (Å²) >= 11 is 5.95. The van der Waals surface area contributed by atoms with Gasteiger partial charge in [0.25, 0.3) is 5.91 Å². The molecule has 0 aliphatic carbocycles. The van der Waals surface area contributed by atoms with Gasteiger partial charge >= 0.3 is 5.97 Å². The fourth-order valence-corrected chi connectivity index (χ4v) is 2.00. The second-order valence-corrected chi connectivity index (χ2v) is 4.40. The highest BCUT2D eigenvalue weighted by atomic mass is 35.5. The summed E-state index contributed by atoms with van der Waals surface area (Å²) in [6.07, 6.45) is 2.17. The van der Waals surface area contributed by atoms with Crippen LogP contribution in [0.4, 0.5) is 0 Å². The van der Waals surface area contributed by atoms with Gasteiger partial charge in [-0.2, -0.15) is 0 Å². The number of hydrogen-bond donors (Lipinski definition) is 0. The van der Waals surface area contributed by atoms with E-state index in [2.05, 4.69) is 9.72 Å². The number of ether oxygens (including phenoxy) is 2. The molecule has 1 aromatic heterocycles. The Hall–Kier alpha value is -1.66. The molecular formula is C12H13ClN2O4. The second-order valence-electron chi connectivity index (χ2n) is 3.99. The van der Waals surface area contributed by atoms with Crippen molar-refractivity contribution < 1.29 is 19.1 Å². The molecule has 102 valence electrons. The van der Waals surface area contributed by atoms with Crippen LogP contribution in [-0.2, 0) is 14.3 Å². The molecule has 6 nitrogen and oxygen atoms in total. The van der Waals surface area contributed by atoms with E-state index >= 15 is 0 Å². The van der Waals surface area contributed by atoms with Crippen molar-refractivity contribution in [2.45, 2.75) is 6.10 Å². The minimum absolute atomic E-state index is 0.150. The van der Waals surface area contributed by atoms with E-state index in [0.29, 0.717) is 17.1 Å². The van der Waals surface area contributed by atoms with Gasteiger partial charge in [0.15, 0.2) is 6.10 Å². The third-order valence-corrected chi connectivity index (χ3v) is 3.15. The normalized spacial score (nSPS) is 19.1. The van der Waals surface area contributed by atoms with Crippen LogP contribution >= 0.6 is 11.6 Å². The Labute approximate surface area is 115 Å². The van der Waals surface area contributed by atoms with Crippen LogP contribution in [0.2, 0.25) is 5.02 Å². The fraction of sp³-hybridized carbons (Fsp3) is 0.417. The summed E-state index contributed by atoms with van der Waals surface area (Å²) in [4.78, 5) is 29.1. The number of esters is 1. The molecular weight excluding hydrogens is 272 g/mol. The van der Waals surface area contributed by atoms with Crippen molar-refractivity contribution in [1.82, 2.24) is 9.88 Å². The van der Waals surface area contributed by atoms with Crippen molar-refractivity contribution in [1.29, 1.82) is 0 Å². The van der Waals surface area contributed by atoms with E-state index < -0.39 is 12.1 Å². The molecule has 0 aromatic carbocycles. The smallest absolute Gasteiger partial charge is 0.336 e. The topological polar surface area (TPSA) is 68.7 Å². The first-order valence-corrected chi connectivity index (χ1v) is 6.09. The number of pyridine rings is 1. The number of aromatic nitrogens is 1. The summed E-state index contributed by atoms with van der Waals surface area (Å²) in [5.41, 5.74) is 0.315. The van der Waals surface area contributed by atoms with Crippen LogP contribution in [0, 0.1) is 0 Å².